The van der Waals surface area contributed by atoms with E-state index in [1.54, 1.807) is 43.5 Å². The lowest BCUT2D eigenvalue weighted by molar-refractivity contribution is 0.412. The van der Waals surface area contributed by atoms with Crippen LogP contribution in [0.1, 0.15) is 0 Å². The summed E-state index contributed by atoms with van der Waals surface area (Å²) in [5.41, 5.74) is 1.20. The fraction of sp³-hybridized carbons (Fsp3) is 0.294. The van der Waals surface area contributed by atoms with Gasteiger partial charge >= 0.3 is 0 Å². The first-order valence-corrected chi connectivity index (χ1v) is 9.78. The van der Waals surface area contributed by atoms with Gasteiger partial charge in [0.2, 0.25) is 0 Å². The maximum atomic E-state index is 12.7. The van der Waals surface area contributed by atoms with Gasteiger partial charge in [-0.25, -0.2) is 8.42 Å². The summed E-state index contributed by atoms with van der Waals surface area (Å²) in [6.45, 7) is 3.28. The van der Waals surface area contributed by atoms with Crippen molar-refractivity contribution in [2.45, 2.75) is 4.90 Å². The summed E-state index contributed by atoms with van der Waals surface area (Å²) < 4.78 is 33.4. The molecular formula is C17H21Cl2N3O3S. The zero-order chi connectivity index (χ0) is 17.9. The Kier molecular flexibility index (Phi) is 7.00. The number of rotatable bonds is 5. The predicted molar refractivity (Wildman–Crippen MR) is 108 cm³/mol. The van der Waals surface area contributed by atoms with E-state index in [0.29, 0.717) is 16.5 Å². The highest BCUT2D eigenvalue weighted by Crippen LogP contribution is 2.32. The molecule has 2 N–H and O–H groups in total. The lowest BCUT2D eigenvalue weighted by atomic mass is 10.2. The molecule has 1 fully saturated rings. The molecule has 0 atom stereocenters. The Morgan fingerprint density at radius 2 is 1.88 bits per heavy atom. The molecule has 2 aromatic rings. The van der Waals surface area contributed by atoms with E-state index in [-0.39, 0.29) is 17.3 Å². The van der Waals surface area contributed by atoms with Crippen LogP contribution in [0.5, 0.6) is 5.75 Å². The molecule has 0 amide bonds. The summed E-state index contributed by atoms with van der Waals surface area (Å²) in [7, 11) is -2.14. The zero-order valence-electron chi connectivity index (χ0n) is 14.2. The molecule has 142 valence electrons. The molecule has 9 heteroatoms. The second-order valence-corrected chi connectivity index (χ2v) is 7.81. The average Bonchev–Trinajstić information content (AvgIpc) is 2.61. The van der Waals surface area contributed by atoms with Crippen molar-refractivity contribution >= 4 is 45.4 Å². The third-order valence-electron chi connectivity index (χ3n) is 4.00. The van der Waals surface area contributed by atoms with Crippen LogP contribution < -0.4 is 19.7 Å². The van der Waals surface area contributed by atoms with E-state index < -0.39 is 10.0 Å². The fourth-order valence-electron chi connectivity index (χ4n) is 2.76. The molecule has 0 radical (unpaired) electrons. The van der Waals surface area contributed by atoms with Gasteiger partial charge in [0.25, 0.3) is 10.0 Å². The smallest absolute Gasteiger partial charge is 0.261 e. The van der Waals surface area contributed by atoms with Crippen LogP contribution in [0.2, 0.25) is 5.02 Å². The number of ether oxygens (including phenoxy) is 1. The predicted octanol–water partition coefficient (Wildman–Crippen LogP) is 2.98. The van der Waals surface area contributed by atoms with E-state index in [2.05, 4.69) is 14.9 Å². The topological polar surface area (TPSA) is 70.7 Å². The number of piperazine rings is 1. The minimum Gasteiger partial charge on any atom is -0.495 e. The van der Waals surface area contributed by atoms with Crippen LogP contribution in [0.15, 0.2) is 47.4 Å². The van der Waals surface area contributed by atoms with Crippen molar-refractivity contribution in [3.63, 3.8) is 0 Å². The fourth-order valence-corrected chi connectivity index (χ4v) is 4.02. The third kappa shape index (κ3) is 4.73. The molecule has 0 bridgehead atoms. The van der Waals surface area contributed by atoms with Crippen molar-refractivity contribution in [2.75, 3.05) is 42.9 Å². The molecule has 26 heavy (non-hydrogen) atoms. The average molecular weight is 418 g/mol. The van der Waals surface area contributed by atoms with Gasteiger partial charge in [0.1, 0.15) is 5.75 Å². The Morgan fingerprint density at radius 1 is 1.15 bits per heavy atom. The highest BCUT2D eigenvalue weighted by atomic mass is 35.5. The van der Waals surface area contributed by atoms with Crippen LogP contribution in [0, 0.1) is 0 Å². The summed E-state index contributed by atoms with van der Waals surface area (Å²) in [5.74, 6) is 0.656. The molecule has 0 spiro atoms. The molecule has 0 saturated carbocycles. The molecule has 1 aliphatic heterocycles. The molecular weight excluding hydrogens is 397 g/mol. The van der Waals surface area contributed by atoms with Crippen LogP contribution in [0.4, 0.5) is 11.4 Å². The van der Waals surface area contributed by atoms with Crippen LogP contribution >= 0.6 is 24.0 Å². The van der Waals surface area contributed by atoms with Gasteiger partial charge in [-0.15, -0.1) is 12.4 Å². The highest BCUT2D eigenvalue weighted by Gasteiger charge is 2.20. The first-order valence-electron chi connectivity index (χ1n) is 7.92. The van der Waals surface area contributed by atoms with Gasteiger partial charge in [-0.05, 0) is 36.4 Å². The van der Waals surface area contributed by atoms with Crippen molar-refractivity contribution < 1.29 is 13.2 Å². The number of hydrogen-bond acceptors (Lipinski definition) is 5. The quantitative estimate of drug-likeness (QED) is 0.782. The molecule has 0 aliphatic carbocycles. The monoisotopic (exact) mass is 417 g/mol. The Labute approximate surface area is 164 Å². The second-order valence-electron chi connectivity index (χ2n) is 5.69. The summed E-state index contributed by atoms with van der Waals surface area (Å²) in [5, 5.41) is 3.75. The van der Waals surface area contributed by atoms with Gasteiger partial charge in [0.05, 0.1) is 23.4 Å². The van der Waals surface area contributed by atoms with E-state index in [1.807, 2.05) is 0 Å². The number of hydrogen-bond donors (Lipinski definition) is 2. The van der Waals surface area contributed by atoms with Crippen LogP contribution in [-0.2, 0) is 10.0 Å². The van der Waals surface area contributed by atoms with Gasteiger partial charge in [0.15, 0.2) is 0 Å². The lowest BCUT2D eigenvalue weighted by Gasteiger charge is -2.30. The first kappa shape index (κ1) is 20.6. The number of anilines is 2. The number of nitrogens with zero attached hydrogens (tertiary/aromatic N) is 1. The molecule has 0 aromatic heterocycles. The number of nitrogens with one attached hydrogen (secondary N) is 2. The van der Waals surface area contributed by atoms with E-state index in [9.17, 15) is 8.42 Å². The molecule has 0 unspecified atom stereocenters. The van der Waals surface area contributed by atoms with Crippen molar-refractivity contribution in [3.05, 3.63) is 47.5 Å². The maximum absolute atomic E-state index is 12.7. The van der Waals surface area contributed by atoms with Gasteiger partial charge in [-0.2, -0.15) is 0 Å². The van der Waals surface area contributed by atoms with Crippen molar-refractivity contribution in [1.82, 2.24) is 5.32 Å². The van der Waals surface area contributed by atoms with Gasteiger partial charge < -0.3 is 15.0 Å². The minimum atomic E-state index is -3.72. The Hall–Kier alpha value is -1.67. The van der Waals surface area contributed by atoms with Gasteiger partial charge in [-0.3, -0.25) is 4.72 Å². The number of halogens is 2. The van der Waals surface area contributed by atoms with E-state index in [0.717, 1.165) is 31.9 Å². The standard InChI is InChI=1S/C17H20ClN3O3S.ClH/c1-24-17-6-5-15(12-16(17)21-9-7-19-8-10-21)25(22,23)20-14-4-2-3-13(18)11-14;/h2-6,11-12,19-20H,7-10H2,1H3;1H. The van der Waals surface area contributed by atoms with Crippen molar-refractivity contribution in [1.29, 1.82) is 0 Å². The Morgan fingerprint density at radius 3 is 2.54 bits per heavy atom. The van der Waals surface area contributed by atoms with Crippen LogP contribution in [-0.4, -0.2) is 41.7 Å². The number of methoxy groups -OCH3 is 1. The maximum Gasteiger partial charge on any atom is 0.261 e. The van der Waals surface area contributed by atoms with Crippen molar-refractivity contribution in [2.24, 2.45) is 0 Å². The summed E-state index contributed by atoms with van der Waals surface area (Å²) in [6, 6.07) is 11.5. The number of benzene rings is 2. The largest absolute Gasteiger partial charge is 0.495 e. The van der Waals surface area contributed by atoms with Crippen LogP contribution in [0.3, 0.4) is 0 Å². The molecule has 1 aliphatic rings. The molecule has 3 rings (SSSR count). The van der Waals surface area contributed by atoms with E-state index in [4.69, 9.17) is 16.3 Å². The third-order valence-corrected chi connectivity index (χ3v) is 5.61. The zero-order valence-corrected chi connectivity index (χ0v) is 16.6. The Balaban J connectivity index is 0.00000243. The SMILES string of the molecule is COc1ccc(S(=O)(=O)Nc2cccc(Cl)c2)cc1N1CCNCC1.Cl. The second kappa shape index (κ2) is 8.81. The molecule has 1 heterocycles. The van der Waals surface area contributed by atoms with Gasteiger partial charge in [-0.1, -0.05) is 17.7 Å². The number of sulfonamides is 1. The summed E-state index contributed by atoms with van der Waals surface area (Å²) >= 11 is 5.92. The van der Waals surface area contributed by atoms with Crippen molar-refractivity contribution in [3.8, 4) is 5.75 Å². The first-order chi connectivity index (χ1) is 12.0. The van der Waals surface area contributed by atoms with E-state index in [1.165, 1.54) is 6.07 Å². The molecule has 6 nitrogen and oxygen atoms in total. The van der Waals surface area contributed by atoms with Crippen LogP contribution in [0.25, 0.3) is 0 Å². The minimum absolute atomic E-state index is 0. The molecule has 2 aromatic carbocycles. The summed E-state index contributed by atoms with van der Waals surface area (Å²) in [6.07, 6.45) is 0. The summed E-state index contributed by atoms with van der Waals surface area (Å²) in [4.78, 5) is 2.30. The molecule has 1 saturated heterocycles. The van der Waals surface area contributed by atoms with Gasteiger partial charge in [0, 0.05) is 31.2 Å². The van der Waals surface area contributed by atoms with E-state index >= 15 is 0 Å². The Bertz CT molecular complexity index is 856. The highest BCUT2D eigenvalue weighted by molar-refractivity contribution is 7.92. The normalized spacial score (nSPS) is 14.5. The lowest BCUT2D eigenvalue weighted by Crippen LogP contribution is -2.43.